The second-order valence-corrected chi connectivity index (χ2v) is 5.10. The van der Waals surface area contributed by atoms with Crippen LogP contribution < -0.4 is 4.90 Å². The number of aromatic nitrogens is 2. The first kappa shape index (κ1) is 15.3. The van der Waals surface area contributed by atoms with Gasteiger partial charge in [-0.05, 0) is 33.1 Å². The number of rotatable bonds is 4. The number of anilines is 1. The maximum absolute atomic E-state index is 12.1. The summed E-state index contributed by atoms with van der Waals surface area (Å²) in [5.74, 6) is 0.0561. The zero-order chi connectivity index (χ0) is 15.6. The quantitative estimate of drug-likeness (QED) is 0.476. The van der Waals surface area contributed by atoms with Crippen molar-refractivity contribution in [2.75, 3.05) is 18.1 Å². The van der Waals surface area contributed by atoms with E-state index in [-0.39, 0.29) is 11.7 Å². The lowest BCUT2D eigenvalue weighted by atomic mass is 10.0. The SMILES string of the molecule is CCOC(=O)C1CCCCN1c1c([N+](=O)[O-])c(C)nn1C. The Labute approximate surface area is 122 Å². The van der Waals surface area contributed by atoms with E-state index >= 15 is 0 Å². The number of esters is 1. The van der Waals surface area contributed by atoms with Gasteiger partial charge in [0.1, 0.15) is 11.7 Å². The Balaban J connectivity index is 2.42. The van der Waals surface area contributed by atoms with Crippen LogP contribution in [-0.4, -0.2) is 39.9 Å². The van der Waals surface area contributed by atoms with Crippen LogP contribution in [0.25, 0.3) is 0 Å². The van der Waals surface area contributed by atoms with Gasteiger partial charge in [-0.3, -0.25) is 10.1 Å². The summed E-state index contributed by atoms with van der Waals surface area (Å²) in [5, 5.41) is 15.4. The number of hydrogen-bond donors (Lipinski definition) is 0. The lowest BCUT2D eigenvalue weighted by Gasteiger charge is -2.34. The molecule has 0 bridgehead atoms. The molecule has 1 atom stereocenters. The minimum atomic E-state index is -0.479. The van der Waals surface area contributed by atoms with E-state index in [1.807, 2.05) is 0 Å². The van der Waals surface area contributed by atoms with Gasteiger partial charge in [0.15, 0.2) is 0 Å². The van der Waals surface area contributed by atoms with E-state index in [0.29, 0.717) is 31.1 Å². The predicted molar refractivity (Wildman–Crippen MR) is 76.2 cm³/mol. The first-order chi connectivity index (χ1) is 9.97. The Kier molecular flexibility index (Phi) is 4.44. The lowest BCUT2D eigenvalue weighted by Crippen LogP contribution is -2.46. The molecule has 0 aliphatic carbocycles. The van der Waals surface area contributed by atoms with Crippen LogP contribution in [-0.2, 0) is 16.6 Å². The summed E-state index contributed by atoms with van der Waals surface area (Å²) in [7, 11) is 1.66. The summed E-state index contributed by atoms with van der Waals surface area (Å²) in [6.45, 7) is 4.24. The standard InChI is InChI=1S/C13H20N4O4/c1-4-21-13(18)10-7-5-6-8-16(10)12-11(17(19)20)9(2)14-15(12)3/h10H,4-8H2,1-3H3. The van der Waals surface area contributed by atoms with Gasteiger partial charge in [0.05, 0.1) is 11.5 Å². The molecule has 1 saturated heterocycles. The maximum Gasteiger partial charge on any atom is 0.333 e. The number of aryl methyl sites for hydroxylation is 2. The van der Waals surface area contributed by atoms with E-state index in [9.17, 15) is 14.9 Å². The molecule has 1 aliphatic rings. The third-order valence-electron chi connectivity index (χ3n) is 3.68. The van der Waals surface area contributed by atoms with E-state index < -0.39 is 11.0 Å². The number of carbonyl (C=O) groups excluding carboxylic acids is 1. The fourth-order valence-corrected chi connectivity index (χ4v) is 2.84. The molecular weight excluding hydrogens is 276 g/mol. The molecule has 1 aromatic rings. The van der Waals surface area contributed by atoms with E-state index in [1.54, 1.807) is 25.8 Å². The van der Waals surface area contributed by atoms with E-state index in [0.717, 1.165) is 12.8 Å². The third kappa shape index (κ3) is 2.84. The fourth-order valence-electron chi connectivity index (χ4n) is 2.84. The van der Waals surface area contributed by atoms with Crippen molar-refractivity contribution in [3.63, 3.8) is 0 Å². The van der Waals surface area contributed by atoms with Crippen molar-refractivity contribution in [1.29, 1.82) is 0 Å². The summed E-state index contributed by atoms with van der Waals surface area (Å²) < 4.78 is 6.58. The average molecular weight is 296 g/mol. The van der Waals surface area contributed by atoms with Crippen molar-refractivity contribution in [3.8, 4) is 0 Å². The van der Waals surface area contributed by atoms with Crippen LogP contribution in [0.2, 0.25) is 0 Å². The first-order valence-electron chi connectivity index (χ1n) is 7.08. The van der Waals surface area contributed by atoms with Gasteiger partial charge < -0.3 is 9.64 Å². The van der Waals surface area contributed by atoms with Crippen molar-refractivity contribution in [2.24, 2.45) is 7.05 Å². The van der Waals surface area contributed by atoms with Gasteiger partial charge in [-0.15, -0.1) is 0 Å². The van der Waals surface area contributed by atoms with Gasteiger partial charge in [0.25, 0.3) is 0 Å². The highest BCUT2D eigenvalue weighted by Gasteiger charge is 2.37. The fraction of sp³-hybridized carbons (Fsp3) is 0.692. The van der Waals surface area contributed by atoms with Gasteiger partial charge >= 0.3 is 11.7 Å². The monoisotopic (exact) mass is 296 g/mol. The minimum absolute atomic E-state index is 0.0336. The number of piperidine rings is 1. The van der Waals surface area contributed by atoms with E-state index in [1.165, 1.54) is 4.68 Å². The highest BCUT2D eigenvalue weighted by atomic mass is 16.6. The van der Waals surface area contributed by atoms with Crippen LogP contribution in [0, 0.1) is 17.0 Å². The van der Waals surface area contributed by atoms with Crippen LogP contribution >= 0.6 is 0 Å². The summed E-state index contributed by atoms with van der Waals surface area (Å²) in [4.78, 5) is 24.8. The Hall–Kier alpha value is -2.12. The molecule has 0 N–H and O–H groups in total. The molecule has 116 valence electrons. The molecular formula is C13H20N4O4. The summed E-state index contributed by atoms with van der Waals surface area (Å²) >= 11 is 0. The zero-order valence-corrected chi connectivity index (χ0v) is 12.5. The van der Waals surface area contributed by atoms with E-state index in [2.05, 4.69) is 5.10 Å². The number of nitrogens with zero attached hydrogens (tertiary/aromatic N) is 4. The van der Waals surface area contributed by atoms with E-state index in [4.69, 9.17) is 4.74 Å². The number of carbonyl (C=O) groups is 1. The first-order valence-corrected chi connectivity index (χ1v) is 7.08. The molecule has 0 radical (unpaired) electrons. The van der Waals surface area contributed by atoms with Gasteiger partial charge in [0, 0.05) is 13.6 Å². The Morgan fingerprint density at radius 3 is 2.86 bits per heavy atom. The molecule has 8 heteroatoms. The van der Waals surface area contributed by atoms with Gasteiger partial charge in [-0.1, -0.05) is 0 Å². The third-order valence-corrected chi connectivity index (χ3v) is 3.68. The second-order valence-electron chi connectivity index (χ2n) is 5.10. The molecule has 2 rings (SSSR count). The zero-order valence-electron chi connectivity index (χ0n) is 12.5. The van der Waals surface area contributed by atoms with Gasteiger partial charge in [-0.2, -0.15) is 5.10 Å². The van der Waals surface area contributed by atoms with Crippen LogP contribution in [0.15, 0.2) is 0 Å². The van der Waals surface area contributed by atoms with Crippen molar-refractivity contribution in [1.82, 2.24) is 9.78 Å². The highest BCUT2D eigenvalue weighted by Crippen LogP contribution is 2.35. The van der Waals surface area contributed by atoms with Crippen LogP contribution in [0.1, 0.15) is 31.9 Å². The normalized spacial score (nSPS) is 18.6. The smallest absolute Gasteiger partial charge is 0.333 e. The van der Waals surface area contributed by atoms with Crippen LogP contribution in [0.3, 0.4) is 0 Å². The second kappa shape index (κ2) is 6.11. The molecule has 8 nitrogen and oxygen atoms in total. The van der Waals surface area contributed by atoms with Crippen LogP contribution in [0.5, 0.6) is 0 Å². The molecule has 2 heterocycles. The van der Waals surface area contributed by atoms with Crippen LogP contribution in [0.4, 0.5) is 11.5 Å². The Morgan fingerprint density at radius 2 is 2.24 bits per heavy atom. The lowest BCUT2D eigenvalue weighted by molar-refractivity contribution is -0.384. The Morgan fingerprint density at radius 1 is 1.52 bits per heavy atom. The number of ether oxygens (including phenoxy) is 1. The molecule has 0 aromatic carbocycles. The molecule has 0 saturated carbocycles. The highest BCUT2D eigenvalue weighted by molar-refractivity contribution is 5.81. The molecule has 1 aromatic heterocycles. The van der Waals surface area contributed by atoms with Gasteiger partial charge in [-0.25, -0.2) is 9.48 Å². The summed E-state index contributed by atoms with van der Waals surface area (Å²) in [6.07, 6.45) is 2.43. The number of nitro groups is 1. The predicted octanol–water partition coefficient (Wildman–Crippen LogP) is 1.56. The largest absolute Gasteiger partial charge is 0.464 e. The van der Waals surface area contributed by atoms with Gasteiger partial charge in [0.2, 0.25) is 5.82 Å². The topological polar surface area (TPSA) is 90.5 Å². The Bertz CT molecular complexity index is 555. The maximum atomic E-state index is 12.1. The molecule has 21 heavy (non-hydrogen) atoms. The summed E-state index contributed by atoms with van der Waals surface area (Å²) in [5.41, 5.74) is 0.319. The summed E-state index contributed by atoms with van der Waals surface area (Å²) in [6, 6.07) is -0.479. The molecule has 0 amide bonds. The van der Waals surface area contributed by atoms with Crippen molar-refractivity contribution in [3.05, 3.63) is 15.8 Å². The average Bonchev–Trinajstić information content (AvgIpc) is 2.73. The van der Waals surface area contributed by atoms with Crippen molar-refractivity contribution >= 4 is 17.5 Å². The van der Waals surface area contributed by atoms with Crippen molar-refractivity contribution < 1.29 is 14.5 Å². The molecule has 1 unspecified atom stereocenters. The van der Waals surface area contributed by atoms with Crippen molar-refractivity contribution in [2.45, 2.75) is 39.2 Å². The molecule has 0 spiro atoms. The minimum Gasteiger partial charge on any atom is -0.464 e. The molecule has 1 fully saturated rings. The molecule has 1 aliphatic heterocycles. The number of hydrogen-bond acceptors (Lipinski definition) is 6.